The Morgan fingerprint density at radius 2 is 1.45 bits per heavy atom. The molecule has 38 heavy (non-hydrogen) atoms. The molecule has 2 heteroatoms. The first-order valence-electron chi connectivity index (χ1n) is 14.7. The van der Waals surface area contributed by atoms with Crippen LogP contribution in [0.5, 0.6) is 0 Å². The first-order valence-corrected chi connectivity index (χ1v) is 14.7. The highest BCUT2D eigenvalue weighted by Gasteiger charge is 2.17. The lowest BCUT2D eigenvalue weighted by Gasteiger charge is -2.13. The third-order valence-electron chi connectivity index (χ3n) is 7.33. The summed E-state index contributed by atoms with van der Waals surface area (Å²) in [7, 11) is 0. The summed E-state index contributed by atoms with van der Waals surface area (Å²) in [5.74, 6) is 3.76. The van der Waals surface area contributed by atoms with Crippen LogP contribution in [0.4, 0.5) is 0 Å². The third-order valence-corrected chi connectivity index (χ3v) is 7.33. The van der Waals surface area contributed by atoms with Crippen molar-refractivity contribution in [3.05, 3.63) is 107 Å². The number of aryl methyl sites for hydroxylation is 1. The Kier molecular flexibility index (Phi) is 15.7. The van der Waals surface area contributed by atoms with Gasteiger partial charge in [0.05, 0.1) is 0 Å². The number of benzene rings is 1. The number of nitrogens with zero attached hydrogens (tertiary/aromatic N) is 1. The fraction of sp³-hybridized carbons (Fsp3) is 0.528. The summed E-state index contributed by atoms with van der Waals surface area (Å²) in [6, 6.07) is 12.4. The normalized spacial score (nSPS) is 15.0. The van der Waals surface area contributed by atoms with Crippen molar-refractivity contribution in [2.24, 2.45) is 17.8 Å². The van der Waals surface area contributed by atoms with Crippen LogP contribution in [-0.2, 0) is 0 Å². The molecule has 1 saturated carbocycles. The van der Waals surface area contributed by atoms with Gasteiger partial charge in [-0.15, -0.1) is 0 Å². The van der Waals surface area contributed by atoms with Crippen molar-refractivity contribution in [1.29, 1.82) is 0 Å². The molecule has 1 fully saturated rings. The zero-order valence-electron chi connectivity index (χ0n) is 25.8. The minimum absolute atomic E-state index is 0.432. The molecule has 0 N–H and O–H groups in total. The molecule has 2 aliphatic rings. The summed E-state index contributed by atoms with van der Waals surface area (Å²) in [6.07, 6.45) is 16.5. The highest BCUT2D eigenvalue weighted by molar-refractivity contribution is 5.33. The zero-order valence-corrected chi connectivity index (χ0v) is 25.8. The lowest BCUT2D eigenvalue weighted by molar-refractivity contribution is -0.605. The van der Waals surface area contributed by atoms with Crippen LogP contribution in [0.1, 0.15) is 116 Å². The zero-order chi connectivity index (χ0) is 28.7. The second-order valence-corrected chi connectivity index (χ2v) is 12.1. The minimum atomic E-state index is 0.432. The second kappa shape index (κ2) is 17.8. The van der Waals surface area contributed by atoms with Gasteiger partial charge in [-0.05, 0) is 54.6 Å². The Hall–Kier alpha value is -2.61. The Morgan fingerprint density at radius 3 is 1.82 bits per heavy atom. The molecule has 0 unspecified atom stereocenters. The molecule has 0 spiro atoms. The van der Waals surface area contributed by atoms with Gasteiger partial charge in [0.1, 0.15) is 0 Å². The number of allylic oxidation sites excluding steroid dienone is 5. The molecule has 0 radical (unpaired) electrons. The summed E-state index contributed by atoms with van der Waals surface area (Å²) in [6.45, 7) is 23.7. The molecule has 210 valence electrons. The monoisotopic (exact) mass is 517 g/mol. The van der Waals surface area contributed by atoms with E-state index in [4.69, 9.17) is 0 Å². The van der Waals surface area contributed by atoms with E-state index in [0.29, 0.717) is 17.8 Å². The number of rotatable bonds is 4. The first-order chi connectivity index (χ1) is 17.9. The van der Waals surface area contributed by atoms with E-state index in [9.17, 15) is 5.21 Å². The highest BCUT2D eigenvalue weighted by atomic mass is 16.5. The summed E-state index contributed by atoms with van der Waals surface area (Å²) in [5, 5.41) is 10.7. The van der Waals surface area contributed by atoms with Crippen molar-refractivity contribution in [3.63, 3.8) is 0 Å². The van der Waals surface area contributed by atoms with E-state index in [0.717, 1.165) is 28.6 Å². The van der Waals surface area contributed by atoms with Crippen LogP contribution in [0.3, 0.4) is 0 Å². The topological polar surface area (TPSA) is 26.9 Å². The molecule has 0 aliphatic heterocycles. The largest absolute Gasteiger partial charge is 0.619 e. The van der Waals surface area contributed by atoms with Gasteiger partial charge in [-0.2, -0.15) is 4.73 Å². The number of hydrogen-bond donors (Lipinski definition) is 0. The van der Waals surface area contributed by atoms with Gasteiger partial charge in [-0.1, -0.05) is 147 Å². The Labute approximate surface area is 235 Å². The summed E-state index contributed by atoms with van der Waals surface area (Å²) >= 11 is 0. The molecule has 0 amide bonds. The van der Waals surface area contributed by atoms with Crippen LogP contribution in [-0.4, -0.2) is 0 Å². The van der Waals surface area contributed by atoms with Gasteiger partial charge in [0, 0.05) is 11.6 Å². The van der Waals surface area contributed by atoms with Crippen molar-refractivity contribution in [3.8, 4) is 0 Å². The predicted molar refractivity (Wildman–Crippen MR) is 167 cm³/mol. The molecule has 1 aromatic carbocycles. The standard InChI is InChI=1S/2C10H14.C8H11NO.C8H16/c2*1-8(2)10-6-4-5-9(3)7-10;1-7(2)8-4-3-5-9(10)6-8;1-7(2)8-5-3-4-6-8/h4-8H,1-3H3;4-6,8H,3,7H2,1-2H3;3-7H,1-2H3;7-8H,3-6H2,1-2H3. The molecule has 1 heterocycles. The summed E-state index contributed by atoms with van der Waals surface area (Å²) in [5.41, 5.74) is 6.59. The Bertz CT molecular complexity index is 954. The van der Waals surface area contributed by atoms with Crippen LogP contribution >= 0.6 is 0 Å². The molecule has 0 bridgehead atoms. The van der Waals surface area contributed by atoms with Crippen molar-refractivity contribution < 1.29 is 4.73 Å². The van der Waals surface area contributed by atoms with Crippen molar-refractivity contribution in [2.45, 2.75) is 106 Å². The molecule has 2 aliphatic carbocycles. The SMILES string of the molecule is C=C1C=CC=C(C(C)C)C1.CC(C)C1CCCC1.CC(C)c1ccc[n+]([O-])c1.Cc1cccc(C(C)C)c1. The van der Waals surface area contributed by atoms with Gasteiger partial charge in [0.15, 0.2) is 12.4 Å². The molecular weight excluding hydrogens is 462 g/mol. The van der Waals surface area contributed by atoms with E-state index in [2.05, 4.69) is 111 Å². The van der Waals surface area contributed by atoms with E-state index in [1.807, 2.05) is 6.07 Å². The number of hydrogen-bond acceptors (Lipinski definition) is 1. The van der Waals surface area contributed by atoms with E-state index in [1.54, 1.807) is 12.3 Å². The number of aromatic nitrogens is 1. The quantitative estimate of drug-likeness (QED) is 0.293. The predicted octanol–water partition coefficient (Wildman–Crippen LogP) is 10.5. The summed E-state index contributed by atoms with van der Waals surface area (Å²) < 4.78 is 0.829. The van der Waals surface area contributed by atoms with Crippen LogP contribution in [0.15, 0.2) is 84.7 Å². The minimum Gasteiger partial charge on any atom is -0.619 e. The van der Waals surface area contributed by atoms with E-state index in [1.165, 1.54) is 54.2 Å². The molecular formula is C36H55NO. The van der Waals surface area contributed by atoms with E-state index >= 15 is 0 Å². The average molecular weight is 518 g/mol. The smallest absolute Gasteiger partial charge is 0.183 e. The van der Waals surface area contributed by atoms with E-state index in [-0.39, 0.29) is 0 Å². The first kappa shape index (κ1) is 33.4. The molecule has 0 atom stereocenters. The average Bonchev–Trinajstić information content (AvgIpc) is 3.41. The van der Waals surface area contributed by atoms with Crippen molar-refractivity contribution >= 4 is 0 Å². The van der Waals surface area contributed by atoms with Crippen LogP contribution in [0.2, 0.25) is 0 Å². The van der Waals surface area contributed by atoms with Crippen molar-refractivity contribution in [1.82, 2.24) is 0 Å². The molecule has 2 aromatic rings. The van der Waals surface area contributed by atoms with Gasteiger partial charge >= 0.3 is 0 Å². The van der Waals surface area contributed by atoms with Crippen LogP contribution < -0.4 is 4.73 Å². The van der Waals surface area contributed by atoms with Gasteiger partial charge in [-0.25, -0.2) is 0 Å². The van der Waals surface area contributed by atoms with Gasteiger partial charge in [-0.3, -0.25) is 0 Å². The highest BCUT2D eigenvalue weighted by Crippen LogP contribution is 2.30. The fourth-order valence-corrected chi connectivity index (χ4v) is 4.55. The molecule has 1 aromatic heterocycles. The molecule has 0 saturated heterocycles. The lowest BCUT2D eigenvalue weighted by Crippen LogP contribution is -2.24. The lowest BCUT2D eigenvalue weighted by atomic mass is 9.93. The van der Waals surface area contributed by atoms with E-state index < -0.39 is 0 Å². The maximum Gasteiger partial charge on any atom is 0.183 e. The molecule has 4 rings (SSSR count). The van der Waals surface area contributed by atoms with Crippen LogP contribution in [0.25, 0.3) is 0 Å². The maximum absolute atomic E-state index is 10.7. The van der Waals surface area contributed by atoms with Gasteiger partial charge in [0.2, 0.25) is 0 Å². The Morgan fingerprint density at radius 1 is 0.842 bits per heavy atom. The Balaban J connectivity index is 0.000000254. The van der Waals surface area contributed by atoms with Gasteiger partial charge in [0.25, 0.3) is 0 Å². The van der Waals surface area contributed by atoms with Gasteiger partial charge < -0.3 is 5.21 Å². The summed E-state index contributed by atoms with van der Waals surface area (Å²) in [4.78, 5) is 0. The van der Waals surface area contributed by atoms with Crippen molar-refractivity contribution in [2.75, 3.05) is 0 Å². The maximum atomic E-state index is 10.7. The van der Waals surface area contributed by atoms with Crippen LogP contribution in [0, 0.1) is 29.9 Å². The molecule has 2 nitrogen and oxygen atoms in total. The second-order valence-electron chi connectivity index (χ2n) is 12.1. The number of pyridine rings is 1. The third kappa shape index (κ3) is 13.8. The fourth-order valence-electron chi connectivity index (χ4n) is 4.55.